The molecule has 2 aromatic carbocycles. The molecule has 2 heteroatoms. The van der Waals surface area contributed by atoms with E-state index >= 15 is 0 Å². The summed E-state index contributed by atoms with van der Waals surface area (Å²) in [7, 11) is 0. The van der Waals surface area contributed by atoms with E-state index in [-0.39, 0.29) is 12.1 Å². The van der Waals surface area contributed by atoms with Gasteiger partial charge in [-0.1, -0.05) is 67.6 Å². The van der Waals surface area contributed by atoms with Crippen molar-refractivity contribution in [2.75, 3.05) is 0 Å². The van der Waals surface area contributed by atoms with Gasteiger partial charge in [0, 0.05) is 12.1 Å². The molecule has 0 bridgehead atoms. The smallest absolute Gasteiger partial charge is 0.0943 e. The van der Waals surface area contributed by atoms with Crippen LogP contribution in [0.2, 0.25) is 0 Å². The fourth-order valence-corrected chi connectivity index (χ4v) is 2.47. The summed E-state index contributed by atoms with van der Waals surface area (Å²) in [5, 5.41) is 14.0. The van der Waals surface area contributed by atoms with Crippen LogP contribution in [0.1, 0.15) is 43.5 Å². The fourth-order valence-electron chi connectivity index (χ4n) is 2.47. The Morgan fingerprint density at radius 2 is 1.40 bits per heavy atom. The van der Waals surface area contributed by atoms with E-state index in [0.717, 1.165) is 12.0 Å². The third-order valence-corrected chi connectivity index (χ3v) is 3.73. The second-order valence-electron chi connectivity index (χ2n) is 5.17. The molecule has 3 atom stereocenters. The van der Waals surface area contributed by atoms with Crippen molar-refractivity contribution in [3.63, 3.8) is 0 Å². The highest BCUT2D eigenvalue weighted by atomic mass is 16.3. The monoisotopic (exact) mass is 269 g/mol. The fraction of sp³-hybridized carbons (Fsp3) is 0.333. The normalized spacial score (nSPS) is 15.6. The van der Waals surface area contributed by atoms with Crippen LogP contribution in [0.25, 0.3) is 0 Å². The van der Waals surface area contributed by atoms with Crippen molar-refractivity contribution in [2.45, 2.75) is 38.5 Å². The molecule has 0 spiro atoms. The van der Waals surface area contributed by atoms with E-state index < -0.39 is 6.10 Å². The van der Waals surface area contributed by atoms with Crippen LogP contribution in [0, 0.1) is 0 Å². The van der Waals surface area contributed by atoms with Gasteiger partial charge in [-0.3, -0.25) is 0 Å². The highest BCUT2D eigenvalue weighted by Crippen LogP contribution is 2.22. The van der Waals surface area contributed by atoms with Gasteiger partial charge in [0.1, 0.15) is 0 Å². The van der Waals surface area contributed by atoms with Gasteiger partial charge in [0.2, 0.25) is 0 Å². The van der Waals surface area contributed by atoms with E-state index in [1.807, 2.05) is 48.5 Å². The maximum Gasteiger partial charge on any atom is 0.0943 e. The molecule has 0 saturated carbocycles. The molecule has 20 heavy (non-hydrogen) atoms. The molecule has 0 radical (unpaired) electrons. The zero-order valence-electron chi connectivity index (χ0n) is 12.2. The molecule has 2 aromatic rings. The average Bonchev–Trinajstić information content (AvgIpc) is 2.53. The number of hydrogen-bond acceptors (Lipinski definition) is 2. The highest BCUT2D eigenvalue weighted by molar-refractivity contribution is 5.21. The summed E-state index contributed by atoms with van der Waals surface area (Å²) in [6.07, 6.45) is 0.403. The predicted octanol–water partition coefficient (Wildman–Crippen LogP) is 3.85. The van der Waals surface area contributed by atoms with Crippen molar-refractivity contribution in [2.24, 2.45) is 0 Å². The minimum Gasteiger partial charge on any atom is -0.387 e. The van der Waals surface area contributed by atoms with E-state index in [9.17, 15) is 5.11 Å². The molecule has 0 heterocycles. The lowest BCUT2D eigenvalue weighted by molar-refractivity contribution is 0.120. The second kappa shape index (κ2) is 7.22. The first-order valence-corrected chi connectivity index (χ1v) is 7.26. The Morgan fingerprint density at radius 3 is 1.90 bits per heavy atom. The van der Waals surface area contributed by atoms with E-state index in [0.29, 0.717) is 0 Å². The van der Waals surface area contributed by atoms with Gasteiger partial charge >= 0.3 is 0 Å². The molecular formula is C18H23NO. The van der Waals surface area contributed by atoms with Gasteiger partial charge in [0.05, 0.1) is 6.10 Å². The van der Waals surface area contributed by atoms with Crippen molar-refractivity contribution in [3.05, 3.63) is 71.8 Å². The number of hydrogen-bond donors (Lipinski definition) is 2. The van der Waals surface area contributed by atoms with Gasteiger partial charge < -0.3 is 10.4 Å². The van der Waals surface area contributed by atoms with Crippen LogP contribution < -0.4 is 5.32 Å². The first-order valence-electron chi connectivity index (χ1n) is 7.26. The quantitative estimate of drug-likeness (QED) is 0.835. The molecular weight excluding hydrogens is 246 g/mol. The van der Waals surface area contributed by atoms with Crippen LogP contribution in [0.4, 0.5) is 0 Å². The van der Waals surface area contributed by atoms with E-state index in [1.165, 1.54) is 5.56 Å². The van der Waals surface area contributed by atoms with E-state index in [2.05, 4.69) is 31.3 Å². The van der Waals surface area contributed by atoms with Crippen LogP contribution in [-0.4, -0.2) is 11.1 Å². The van der Waals surface area contributed by atoms with Gasteiger partial charge in [-0.15, -0.1) is 0 Å². The van der Waals surface area contributed by atoms with Crippen LogP contribution in [0.5, 0.6) is 0 Å². The molecule has 0 aromatic heterocycles. The molecule has 0 aliphatic heterocycles. The average molecular weight is 269 g/mol. The summed E-state index contributed by atoms with van der Waals surface area (Å²) < 4.78 is 0. The SMILES string of the molecule is CC[C@H](N[C@H](C)c1ccccc1)[C@H](O)c1ccccc1. The standard InChI is InChI=1S/C18H23NO/c1-3-17(18(20)16-12-8-5-9-13-16)19-14(2)15-10-6-4-7-11-15/h4-14,17-20H,3H2,1-2H3/t14-,17+,18-/m1/s1. The van der Waals surface area contributed by atoms with Crippen LogP contribution >= 0.6 is 0 Å². The molecule has 0 amide bonds. The molecule has 106 valence electrons. The largest absolute Gasteiger partial charge is 0.387 e. The van der Waals surface area contributed by atoms with Gasteiger partial charge in [0.15, 0.2) is 0 Å². The molecule has 0 aliphatic carbocycles. The third-order valence-electron chi connectivity index (χ3n) is 3.73. The Balaban J connectivity index is 2.05. The number of benzene rings is 2. The lowest BCUT2D eigenvalue weighted by Crippen LogP contribution is -2.36. The van der Waals surface area contributed by atoms with Gasteiger partial charge in [0.25, 0.3) is 0 Å². The van der Waals surface area contributed by atoms with Crippen molar-refractivity contribution < 1.29 is 5.11 Å². The van der Waals surface area contributed by atoms with Crippen molar-refractivity contribution in [1.82, 2.24) is 5.32 Å². The Bertz CT molecular complexity index is 497. The van der Waals surface area contributed by atoms with Gasteiger partial charge in [-0.2, -0.15) is 0 Å². The number of aliphatic hydroxyl groups is 1. The minimum absolute atomic E-state index is 0.0487. The summed E-state index contributed by atoms with van der Waals surface area (Å²) >= 11 is 0. The van der Waals surface area contributed by atoms with E-state index in [1.54, 1.807) is 0 Å². The summed E-state index contributed by atoms with van der Waals surface area (Å²) in [5.41, 5.74) is 2.21. The maximum absolute atomic E-state index is 10.5. The summed E-state index contributed by atoms with van der Waals surface area (Å²) in [6, 6.07) is 20.4. The van der Waals surface area contributed by atoms with Crippen LogP contribution in [0.3, 0.4) is 0 Å². The zero-order valence-corrected chi connectivity index (χ0v) is 12.2. The highest BCUT2D eigenvalue weighted by Gasteiger charge is 2.21. The first kappa shape index (κ1) is 14.8. The van der Waals surface area contributed by atoms with E-state index in [4.69, 9.17) is 0 Å². The number of rotatable bonds is 6. The Hall–Kier alpha value is -1.64. The lowest BCUT2D eigenvalue weighted by Gasteiger charge is -2.27. The second-order valence-corrected chi connectivity index (χ2v) is 5.17. The summed E-state index contributed by atoms with van der Waals surface area (Å²) in [4.78, 5) is 0. The molecule has 0 fully saturated rings. The summed E-state index contributed by atoms with van der Waals surface area (Å²) in [5.74, 6) is 0. The Morgan fingerprint density at radius 1 is 0.900 bits per heavy atom. The maximum atomic E-state index is 10.5. The third kappa shape index (κ3) is 3.69. The van der Waals surface area contributed by atoms with Crippen LogP contribution in [-0.2, 0) is 0 Å². The molecule has 2 nitrogen and oxygen atoms in total. The zero-order chi connectivity index (χ0) is 14.4. The van der Waals surface area contributed by atoms with Crippen molar-refractivity contribution in [1.29, 1.82) is 0 Å². The number of nitrogens with one attached hydrogen (secondary N) is 1. The predicted molar refractivity (Wildman–Crippen MR) is 83.5 cm³/mol. The van der Waals surface area contributed by atoms with Crippen LogP contribution in [0.15, 0.2) is 60.7 Å². The first-order chi connectivity index (χ1) is 9.72. The molecule has 2 rings (SSSR count). The topological polar surface area (TPSA) is 32.3 Å². The Kier molecular flexibility index (Phi) is 5.33. The molecule has 0 unspecified atom stereocenters. The van der Waals surface area contributed by atoms with Gasteiger partial charge in [-0.05, 0) is 24.5 Å². The van der Waals surface area contributed by atoms with Gasteiger partial charge in [-0.25, -0.2) is 0 Å². The molecule has 2 N–H and O–H groups in total. The molecule has 0 aliphatic rings. The number of aliphatic hydroxyl groups excluding tert-OH is 1. The molecule has 0 saturated heterocycles. The Labute approximate surface area is 121 Å². The van der Waals surface area contributed by atoms with Crippen molar-refractivity contribution >= 4 is 0 Å². The summed E-state index contributed by atoms with van der Waals surface area (Å²) in [6.45, 7) is 4.23. The minimum atomic E-state index is -0.479. The lowest BCUT2D eigenvalue weighted by atomic mass is 9.98. The van der Waals surface area contributed by atoms with Crippen molar-refractivity contribution in [3.8, 4) is 0 Å².